The van der Waals surface area contributed by atoms with Crippen molar-refractivity contribution < 1.29 is 9.52 Å². The van der Waals surface area contributed by atoms with Crippen LogP contribution in [-0.2, 0) is 0 Å². The van der Waals surface area contributed by atoms with E-state index in [9.17, 15) is 5.11 Å². The molecular weight excluding hydrogens is 272 g/mol. The average molecular weight is 291 g/mol. The Morgan fingerprint density at radius 1 is 1.25 bits per heavy atom. The third-order valence-electron chi connectivity index (χ3n) is 5.24. The first-order chi connectivity index (χ1) is 9.69. The van der Waals surface area contributed by atoms with Crippen molar-refractivity contribution >= 4 is 22.6 Å². The first-order valence-electron chi connectivity index (χ1n) is 7.56. The first kappa shape index (κ1) is 12.7. The van der Waals surface area contributed by atoms with Crippen molar-refractivity contribution in [2.24, 2.45) is 17.8 Å². The molecule has 2 aliphatic carbocycles. The molecule has 0 saturated heterocycles. The highest BCUT2D eigenvalue weighted by Gasteiger charge is 2.40. The SMILES string of the molecule is OC(CC1CC2CCC1C2)c1cc2cc(Cl)ccc2o1. The maximum absolute atomic E-state index is 10.5. The molecule has 2 bridgehead atoms. The van der Waals surface area contributed by atoms with Gasteiger partial charge in [-0.2, -0.15) is 0 Å². The van der Waals surface area contributed by atoms with Crippen LogP contribution in [0.1, 0.15) is 44.0 Å². The molecule has 1 N–H and O–H groups in total. The number of rotatable bonds is 3. The molecule has 0 amide bonds. The van der Waals surface area contributed by atoms with Crippen LogP contribution in [-0.4, -0.2) is 5.11 Å². The van der Waals surface area contributed by atoms with Gasteiger partial charge < -0.3 is 9.52 Å². The summed E-state index contributed by atoms with van der Waals surface area (Å²) in [5, 5.41) is 12.1. The van der Waals surface area contributed by atoms with Gasteiger partial charge >= 0.3 is 0 Å². The molecule has 106 valence electrons. The summed E-state index contributed by atoms with van der Waals surface area (Å²) < 4.78 is 5.77. The molecule has 1 aromatic carbocycles. The van der Waals surface area contributed by atoms with E-state index in [1.165, 1.54) is 25.7 Å². The third kappa shape index (κ3) is 2.15. The summed E-state index contributed by atoms with van der Waals surface area (Å²) in [6, 6.07) is 7.50. The fourth-order valence-corrected chi connectivity index (χ4v) is 4.45. The number of aliphatic hydroxyl groups is 1. The Labute approximate surface area is 123 Å². The highest BCUT2D eigenvalue weighted by Crippen LogP contribution is 2.51. The number of hydrogen-bond donors (Lipinski definition) is 1. The highest BCUT2D eigenvalue weighted by atomic mass is 35.5. The van der Waals surface area contributed by atoms with Crippen LogP contribution in [0.4, 0.5) is 0 Å². The largest absolute Gasteiger partial charge is 0.458 e. The van der Waals surface area contributed by atoms with Crippen molar-refractivity contribution in [1.82, 2.24) is 0 Å². The zero-order chi connectivity index (χ0) is 13.7. The summed E-state index contributed by atoms with van der Waals surface area (Å²) in [6.07, 6.45) is 5.80. The first-order valence-corrected chi connectivity index (χ1v) is 7.94. The van der Waals surface area contributed by atoms with Gasteiger partial charge in [-0.25, -0.2) is 0 Å². The summed E-state index contributed by atoms with van der Waals surface area (Å²) in [5.74, 6) is 3.13. The smallest absolute Gasteiger partial charge is 0.134 e. The van der Waals surface area contributed by atoms with Gasteiger partial charge in [0.15, 0.2) is 0 Å². The number of aliphatic hydroxyl groups excluding tert-OH is 1. The summed E-state index contributed by atoms with van der Waals surface area (Å²) in [6.45, 7) is 0. The van der Waals surface area contributed by atoms with E-state index < -0.39 is 6.10 Å². The molecule has 2 saturated carbocycles. The lowest BCUT2D eigenvalue weighted by atomic mass is 9.84. The number of hydrogen-bond acceptors (Lipinski definition) is 2. The second kappa shape index (κ2) is 4.78. The van der Waals surface area contributed by atoms with Gasteiger partial charge in [-0.3, -0.25) is 0 Å². The van der Waals surface area contributed by atoms with E-state index in [2.05, 4.69) is 0 Å². The van der Waals surface area contributed by atoms with Crippen LogP contribution >= 0.6 is 11.6 Å². The Morgan fingerprint density at radius 3 is 2.90 bits per heavy atom. The monoisotopic (exact) mass is 290 g/mol. The molecule has 4 unspecified atom stereocenters. The maximum atomic E-state index is 10.5. The minimum Gasteiger partial charge on any atom is -0.458 e. The quantitative estimate of drug-likeness (QED) is 0.868. The van der Waals surface area contributed by atoms with Gasteiger partial charge in [-0.05, 0) is 67.7 Å². The van der Waals surface area contributed by atoms with E-state index >= 15 is 0 Å². The molecule has 1 heterocycles. The molecule has 1 aromatic heterocycles. The highest BCUT2D eigenvalue weighted by molar-refractivity contribution is 6.31. The molecule has 2 fully saturated rings. The van der Waals surface area contributed by atoms with E-state index in [0.29, 0.717) is 16.7 Å². The fourth-order valence-electron chi connectivity index (χ4n) is 4.27. The standard InChI is InChI=1S/C17H19ClO2/c18-14-3-4-16-13(7-14)9-17(20-16)15(19)8-12-6-10-1-2-11(12)5-10/h3-4,7,9-12,15,19H,1-2,5-6,8H2. The maximum Gasteiger partial charge on any atom is 0.134 e. The molecule has 4 rings (SSSR count). The van der Waals surface area contributed by atoms with Crippen molar-refractivity contribution in [1.29, 1.82) is 0 Å². The zero-order valence-corrected chi connectivity index (χ0v) is 12.1. The molecule has 2 aromatic rings. The Kier molecular flexibility index (Phi) is 3.04. The van der Waals surface area contributed by atoms with Gasteiger partial charge in [0.2, 0.25) is 0 Å². The number of furan rings is 1. The molecule has 0 spiro atoms. The lowest BCUT2D eigenvalue weighted by Crippen LogP contribution is -2.14. The van der Waals surface area contributed by atoms with Crippen LogP contribution < -0.4 is 0 Å². The third-order valence-corrected chi connectivity index (χ3v) is 5.47. The lowest BCUT2D eigenvalue weighted by molar-refractivity contribution is 0.106. The predicted octanol–water partition coefficient (Wildman–Crippen LogP) is 4.95. The Balaban J connectivity index is 1.53. The van der Waals surface area contributed by atoms with Crippen LogP contribution in [0, 0.1) is 17.8 Å². The van der Waals surface area contributed by atoms with Gasteiger partial charge in [0, 0.05) is 10.4 Å². The molecular formula is C17H19ClO2. The summed E-state index contributed by atoms with van der Waals surface area (Å²) in [5.41, 5.74) is 0.802. The number of fused-ring (bicyclic) bond motifs is 3. The second-order valence-corrected chi connectivity index (χ2v) is 6.95. The minimum absolute atomic E-state index is 0.481. The van der Waals surface area contributed by atoms with Crippen molar-refractivity contribution in [2.75, 3.05) is 0 Å². The van der Waals surface area contributed by atoms with E-state index in [0.717, 1.165) is 29.2 Å². The summed E-state index contributed by atoms with van der Waals surface area (Å²) >= 11 is 5.98. The second-order valence-electron chi connectivity index (χ2n) is 6.52. The van der Waals surface area contributed by atoms with Crippen molar-refractivity contribution in [3.05, 3.63) is 35.0 Å². The molecule has 2 nitrogen and oxygen atoms in total. The predicted molar refractivity (Wildman–Crippen MR) is 79.7 cm³/mol. The molecule has 0 aliphatic heterocycles. The Bertz CT molecular complexity index is 633. The van der Waals surface area contributed by atoms with Gasteiger partial charge in [0.1, 0.15) is 17.4 Å². The van der Waals surface area contributed by atoms with Crippen molar-refractivity contribution in [3.63, 3.8) is 0 Å². The van der Waals surface area contributed by atoms with Crippen LogP contribution in [0.2, 0.25) is 5.02 Å². The Hall–Kier alpha value is -0.990. The van der Waals surface area contributed by atoms with Gasteiger partial charge in [0.05, 0.1) is 0 Å². The lowest BCUT2D eigenvalue weighted by Gasteiger charge is -2.23. The van der Waals surface area contributed by atoms with Crippen molar-refractivity contribution in [3.8, 4) is 0 Å². The van der Waals surface area contributed by atoms with Crippen LogP contribution in [0.25, 0.3) is 11.0 Å². The number of benzene rings is 1. The molecule has 20 heavy (non-hydrogen) atoms. The molecule has 4 atom stereocenters. The van der Waals surface area contributed by atoms with E-state index in [-0.39, 0.29) is 0 Å². The van der Waals surface area contributed by atoms with E-state index in [1.54, 1.807) is 0 Å². The molecule has 3 heteroatoms. The topological polar surface area (TPSA) is 33.4 Å². The Morgan fingerprint density at radius 2 is 2.15 bits per heavy atom. The van der Waals surface area contributed by atoms with Gasteiger partial charge in [0.25, 0.3) is 0 Å². The summed E-state index contributed by atoms with van der Waals surface area (Å²) in [7, 11) is 0. The normalized spacial score (nSPS) is 30.2. The van der Waals surface area contributed by atoms with E-state index in [4.69, 9.17) is 16.0 Å². The molecule has 0 radical (unpaired) electrons. The fraction of sp³-hybridized carbons (Fsp3) is 0.529. The average Bonchev–Trinajstić information content (AvgIpc) is 3.11. The van der Waals surface area contributed by atoms with E-state index in [1.807, 2.05) is 24.3 Å². The van der Waals surface area contributed by atoms with Gasteiger partial charge in [-0.1, -0.05) is 18.0 Å². The zero-order valence-electron chi connectivity index (χ0n) is 11.4. The van der Waals surface area contributed by atoms with Crippen molar-refractivity contribution in [2.45, 2.75) is 38.2 Å². The number of halogens is 1. The van der Waals surface area contributed by atoms with Crippen LogP contribution in [0.5, 0.6) is 0 Å². The van der Waals surface area contributed by atoms with Gasteiger partial charge in [-0.15, -0.1) is 0 Å². The molecule has 2 aliphatic rings. The van der Waals surface area contributed by atoms with Crippen LogP contribution in [0.3, 0.4) is 0 Å². The van der Waals surface area contributed by atoms with Crippen LogP contribution in [0.15, 0.2) is 28.7 Å². The summed E-state index contributed by atoms with van der Waals surface area (Å²) in [4.78, 5) is 0. The minimum atomic E-state index is -0.481.